The normalized spacial score (nSPS) is 10.8. The molecule has 0 aromatic heterocycles. The van der Waals surface area contributed by atoms with Gasteiger partial charge in [0.05, 0.1) is 17.7 Å². The Morgan fingerprint density at radius 1 is 1.08 bits per heavy atom. The Balaban J connectivity index is 2.41. The SMILES string of the molecule is COc1ccc(N(CC(N)=O)S(=O)(=O)c2ccc(NC(C)=O)cc2)cc1. The first-order valence-corrected chi connectivity index (χ1v) is 9.01. The van der Waals surface area contributed by atoms with Crippen LogP contribution in [0.3, 0.4) is 0 Å². The fraction of sp³-hybridized carbons (Fsp3) is 0.176. The Hall–Kier alpha value is -3.07. The first-order chi connectivity index (χ1) is 12.2. The lowest BCUT2D eigenvalue weighted by molar-refractivity contribution is -0.116. The summed E-state index contributed by atoms with van der Waals surface area (Å²) in [6.07, 6.45) is 0. The minimum atomic E-state index is -4.04. The summed E-state index contributed by atoms with van der Waals surface area (Å²) in [6.45, 7) is 0.838. The molecule has 0 saturated carbocycles. The summed E-state index contributed by atoms with van der Waals surface area (Å²) in [5.41, 5.74) is 5.96. The minimum absolute atomic E-state index is 0.0383. The maximum atomic E-state index is 13.0. The molecule has 2 amide bonds. The third-order valence-corrected chi connectivity index (χ3v) is 5.21. The van der Waals surface area contributed by atoms with E-state index in [1.165, 1.54) is 50.4 Å². The molecule has 0 spiro atoms. The minimum Gasteiger partial charge on any atom is -0.497 e. The van der Waals surface area contributed by atoms with Gasteiger partial charge in [-0.3, -0.25) is 13.9 Å². The summed E-state index contributed by atoms with van der Waals surface area (Å²) in [4.78, 5) is 22.4. The average Bonchev–Trinajstić information content (AvgIpc) is 2.59. The molecule has 0 atom stereocenters. The van der Waals surface area contributed by atoms with Gasteiger partial charge in [-0.15, -0.1) is 0 Å². The van der Waals surface area contributed by atoms with E-state index in [2.05, 4.69) is 5.32 Å². The van der Waals surface area contributed by atoms with Gasteiger partial charge < -0.3 is 15.8 Å². The van der Waals surface area contributed by atoms with Crippen molar-refractivity contribution in [1.82, 2.24) is 0 Å². The second-order valence-corrected chi connectivity index (χ2v) is 7.24. The van der Waals surface area contributed by atoms with Crippen molar-refractivity contribution in [1.29, 1.82) is 0 Å². The summed E-state index contributed by atoms with van der Waals surface area (Å²) < 4.78 is 31.9. The first-order valence-electron chi connectivity index (χ1n) is 7.57. The van der Waals surface area contributed by atoms with Crippen LogP contribution in [0.15, 0.2) is 53.4 Å². The van der Waals surface area contributed by atoms with Gasteiger partial charge in [-0.05, 0) is 48.5 Å². The van der Waals surface area contributed by atoms with E-state index < -0.39 is 22.5 Å². The summed E-state index contributed by atoms with van der Waals surface area (Å²) in [7, 11) is -2.55. The van der Waals surface area contributed by atoms with E-state index in [9.17, 15) is 18.0 Å². The molecule has 8 nitrogen and oxygen atoms in total. The number of nitrogens with two attached hydrogens (primary N) is 1. The smallest absolute Gasteiger partial charge is 0.264 e. The summed E-state index contributed by atoms with van der Waals surface area (Å²) in [5, 5.41) is 2.55. The van der Waals surface area contributed by atoms with Crippen LogP contribution >= 0.6 is 0 Å². The van der Waals surface area contributed by atoms with Crippen molar-refractivity contribution in [3.8, 4) is 5.75 Å². The molecule has 0 fully saturated rings. The van der Waals surface area contributed by atoms with Crippen LogP contribution in [0, 0.1) is 0 Å². The topological polar surface area (TPSA) is 119 Å². The Morgan fingerprint density at radius 3 is 2.12 bits per heavy atom. The van der Waals surface area contributed by atoms with E-state index in [4.69, 9.17) is 10.5 Å². The van der Waals surface area contributed by atoms with Crippen molar-refractivity contribution in [2.75, 3.05) is 23.3 Å². The Kier molecular flexibility index (Phi) is 5.83. The van der Waals surface area contributed by atoms with Gasteiger partial charge in [-0.25, -0.2) is 8.42 Å². The fourth-order valence-electron chi connectivity index (χ4n) is 2.25. The molecule has 9 heteroatoms. The molecule has 2 rings (SSSR count). The number of carbonyl (C=O) groups excluding carboxylic acids is 2. The highest BCUT2D eigenvalue weighted by atomic mass is 32.2. The molecule has 0 bridgehead atoms. The van der Waals surface area contributed by atoms with E-state index >= 15 is 0 Å². The maximum Gasteiger partial charge on any atom is 0.264 e. The highest BCUT2D eigenvalue weighted by Crippen LogP contribution is 2.26. The van der Waals surface area contributed by atoms with Crippen molar-refractivity contribution in [2.45, 2.75) is 11.8 Å². The highest BCUT2D eigenvalue weighted by Gasteiger charge is 2.26. The number of sulfonamides is 1. The van der Waals surface area contributed by atoms with E-state index in [-0.39, 0.29) is 16.5 Å². The number of carbonyl (C=O) groups is 2. The maximum absolute atomic E-state index is 13.0. The van der Waals surface area contributed by atoms with Crippen LogP contribution in [0.2, 0.25) is 0 Å². The molecule has 2 aromatic carbocycles. The predicted molar refractivity (Wildman–Crippen MR) is 97.5 cm³/mol. The van der Waals surface area contributed by atoms with Crippen LogP contribution < -0.4 is 20.1 Å². The van der Waals surface area contributed by atoms with Gasteiger partial charge in [0.1, 0.15) is 12.3 Å². The van der Waals surface area contributed by atoms with Crippen LogP contribution in [-0.2, 0) is 19.6 Å². The van der Waals surface area contributed by atoms with Crippen LogP contribution in [0.25, 0.3) is 0 Å². The van der Waals surface area contributed by atoms with Crippen molar-refractivity contribution in [3.05, 3.63) is 48.5 Å². The number of primary amides is 1. The third kappa shape index (κ3) is 4.51. The van der Waals surface area contributed by atoms with E-state index in [1.807, 2.05) is 0 Å². The summed E-state index contributed by atoms with van der Waals surface area (Å²) in [6, 6.07) is 11.8. The molecule has 0 heterocycles. The molecule has 0 aliphatic heterocycles. The number of rotatable bonds is 7. The first kappa shape index (κ1) is 19.3. The van der Waals surface area contributed by atoms with Gasteiger partial charge in [0.2, 0.25) is 11.8 Å². The van der Waals surface area contributed by atoms with Crippen molar-refractivity contribution >= 4 is 33.2 Å². The second kappa shape index (κ2) is 7.87. The Labute approximate surface area is 151 Å². The predicted octanol–water partition coefficient (Wildman–Crippen LogP) is 1.33. The van der Waals surface area contributed by atoms with Crippen LogP contribution in [0.1, 0.15) is 6.92 Å². The van der Waals surface area contributed by atoms with Crippen LogP contribution in [0.4, 0.5) is 11.4 Å². The molecule has 0 radical (unpaired) electrons. The molecular weight excluding hydrogens is 358 g/mol. The molecule has 138 valence electrons. The molecule has 0 saturated heterocycles. The quantitative estimate of drug-likeness (QED) is 0.755. The number of benzene rings is 2. The van der Waals surface area contributed by atoms with Crippen molar-refractivity contribution in [3.63, 3.8) is 0 Å². The lowest BCUT2D eigenvalue weighted by atomic mass is 10.3. The monoisotopic (exact) mass is 377 g/mol. The number of hydrogen-bond acceptors (Lipinski definition) is 5. The van der Waals surface area contributed by atoms with Gasteiger partial charge >= 0.3 is 0 Å². The molecule has 0 unspecified atom stereocenters. The van der Waals surface area contributed by atoms with E-state index in [0.29, 0.717) is 11.4 Å². The van der Waals surface area contributed by atoms with Crippen LogP contribution in [0.5, 0.6) is 5.75 Å². The van der Waals surface area contributed by atoms with Gasteiger partial charge in [0.15, 0.2) is 0 Å². The lowest BCUT2D eigenvalue weighted by Crippen LogP contribution is -2.38. The number of amides is 2. The van der Waals surface area contributed by atoms with Crippen molar-refractivity contribution < 1.29 is 22.7 Å². The van der Waals surface area contributed by atoms with Crippen molar-refractivity contribution in [2.24, 2.45) is 5.73 Å². The lowest BCUT2D eigenvalue weighted by Gasteiger charge is -2.23. The molecule has 2 aromatic rings. The standard InChI is InChI=1S/C17H19N3O5S/c1-12(21)19-13-3-9-16(10-4-13)26(23,24)20(11-17(18)22)14-5-7-15(25-2)8-6-14/h3-10H,11H2,1-2H3,(H2,18,22)(H,19,21). The zero-order valence-electron chi connectivity index (χ0n) is 14.3. The second-order valence-electron chi connectivity index (χ2n) is 5.38. The van der Waals surface area contributed by atoms with E-state index in [1.54, 1.807) is 12.1 Å². The van der Waals surface area contributed by atoms with Gasteiger partial charge in [0, 0.05) is 12.6 Å². The number of methoxy groups -OCH3 is 1. The highest BCUT2D eigenvalue weighted by molar-refractivity contribution is 7.92. The zero-order chi connectivity index (χ0) is 19.3. The fourth-order valence-corrected chi connectivity index (χ4v) is 3.68. The number of nitrogens with one attached hydrogen (secondary N) is 1. The largest absolute Gasteiger partial charge is 0.497 e. The number of anilines is 2. The van der Waals surface area contributed by atoms with Gasteiger partial charge in [-0.1, -0.05) is 0 Å². The third-order valence-electron chi connectivity index (χ3n) is 3.42. The summed E-state index contributed by atoms with van der Waals surface area (Å²) in [5.74, 6) is -0.515. The number of nitrogens with zero attached hydrogens (tertiary/aromatic N) is 1. The molecule has 0 aliphatic rings. The molecule has 3 N–H and O–H groups in total. The summed E-state index contributed by atoms with van der Waals surface area (Å²) >= 11 is 0. The Bertz CT molecular complexity index is 893. The molecule has 26 heavy (non-hydrogen) atoms. The van der Waals surface area contributed by atoms with Crippen LogP contribution in [-0.4, -0.2) is 33.9 Å². The molecule has 0 aliphatic carbocycles. The molecular formula is C17H19N3O5S. The van der Waals surface area contributed by atoms with E-state index in [0.717, 1.165) is 4.31 Å². The number of ether oxygens (including phenoxy) is 1. The Morgan fingerprint density at radius 2 is 1.65 bits per heavy atom. The van der Waals surface area contributed by atoms with Gasteiger partial charge in [0.25, 0.3) is 10.0 Å². The van der Waals surface area contributed by atoms with Gasteiger partial charge in [-0.2, -0.15) is 0 Å². The zero-order valence-corrected chi connectivity index (χ0v) is 15.1. The average molecular weight is 377 g/mol. The number of hydrogen-bond donors (Lipinski definition) is 2.